The molecular weight excluding hydrogens is 253 g/mol. The van der Waals surface area contributed by atoms with E-state index in [0.29, 0.717) is 18.8 Å². The predicted octanol–water partition coefficient (Wildman–Crippen LogP) is 1.52. The number of hydrogen-bond donors (Lipinski definition) is 1. The highest BCUT2D eigenvalue weighted by Gasteiger charge is 2.19. The summed E-state index contributed by atoms with van der Waals surface area (Å²) in [5.74, 6) is -0.236. The Bertz CT molecular complexity index is 599. The van der Waals surface area contributed by atoms with Gasteiger partial charge >= 0.3 is 5.69 Å². The Morgan fingerprint density at radius 2 is 2.32 bits per heavy atom. The molecule has 19 heavy (non-hydrogen) atoms. The van der Waals surface area contributed by atoms with E-state index in [0.717, 1.165) is 6.07 Å². The van der Waals surface area contributed by atoms with Crippen molar-refractivity contribution in [2.75, 3.05) is 11.9 Å². The normalized spacial score (nSPS) is 10.4. The van der Waals surface area contributed by atoms with Gasteiger partial charge < -0.3 is 5.32 Å². The second kappa shape index (κ2) is 5.42. The molecule has 0 saturated carbocycles. The standard InChI is InChI=1S/C11H12FN5O2/c1-16-7-14-10(15-16)5-6-13-9-4-2-3-8(12)11(9)17(18)19/h2-4,7,13H,5-6H2,1H3. The van der Waals surface area contributed by atoms with Gasteiger partial charge in [-0.2, -0.15) is 9.49 Å². The fourth-order valence-corrected chi connectivity index (χ4v) is 1.65. The number of anilines is 1. The summed E-state index contributed by atoms with van der Waals surface area (Å²) in [7, 11) is 1.75. The van der Waals surface area contributed by atoms with Crippen molar-refractivity contribution in [3.63, 3.8) is 0 Å². The van der Waals surface area contributed by atoms with E-state index in [4.69, 9.17) is 0 Å². The Morgan fingerprint density at radius 1 is 1.53 bits per heavy atom. The van der Waals surface area contributed by atoms with Crippen LogP contribution in [-0.2, 0) is 13.5 Å². The van der Waals surface area contributed by atoms with Crippen LogP contribution in [0.25, 0.3) is 0 Å². The lowest BCUT2D eigenvalue weighted by molar-refractivity contribution is -0.386. The van der Waals surface area contributed by atoms with Gasteiger partial charge in [0, 0.05) is 20.0 Å². The van der Waals surface area contributed by atoms with Crippen molar-refractivity contribution in [2.45, 2.75) is 6.42 Å². The summed E-state index contributed by atoms with van der Waals surface area (Å²) in [6.07, 6.45) is 2.06. The van der Waals surface area contributed by atoms with Crippen molar-refractivity contribution >= 4 is 11.4 Å². The quantitative estimate of drug-likeness (QED) is 0.654. The largest absolute Gasteiger partial charge is 0.379 e. The van der Waals surface area contributed by atoms with Crippen LogP contribution in [0, 0.1) is 15.9 Å². The topological polar surface area (TPSA) is 85.9 Å². The van der Waals surface area contributed by atoms with E-state index in [-0.39, 0.29) is 5.69 Å². The van der Waals surface area contributed by atoms with E-state index in [1.165, 1.54) is 12.1 Å². The van der Waals surface area contributed by atoms with Crippen molar-refractivity contribution in [2.24, 2.45) is 7.05 Å². The average Bonchev–Trinajstić information content (AvgIpc) is 2.74. The first-order chi connectivity index (χ1) is 9.08. The lowest BCUT2D eigenvalue weighted by Gasteiger charge is -2.05. The molecule has 1 N–H and O–H groups in total. The number of nitrogens with zero attached hydrogens (tertiary/aromatic N) is 4. The van der Waals surface area contributed by atoms with Crippen LogP contribution >= 0.6 is 0 Å². The molecule has 0 radical (unpaired) electrons. The van der Waals surface area contributed by atoms with Crippen LogP contribution in [-0.4, -0.2) is 26.2 Å². The number of nitrogens with one attached hydrogen (secondary N) is 1. The van der Waals surface area contributed by atoms with E-state index in [1.807, 2.05) is 0 Å². The minimum atomic E-state index is -0.856. The summed E-state index contributed by atoms with van der Waals surface area (Å²) in [4.78, 5) is 14.1. The highest BCUT2D eigenvalue weighted by Crippen LogP contribution is 2.26. The number of hydrogen-bond acceptors (Lipinski definition) is 5. The number of para-hydroxylation sites is 1. The van der Waals surface area contributed by atoms with Crippen molar-refractivity contribution in [3.8, 4) is 0 Å². The second-order valence-electron chi connectivity index (χ2n) is 3.90. The van der Waals surface area contributed by atoms with Crippen LogP contribution in [0.2, 0.25) is 0 Å². The minimum absolute atomic E-state index is 0.154. The summed E-state index contributed by atoms with van der Waals surface area (Å²) in [5, 5.41) is 17.7. The fraction of sp³-hybridized carbons (Fsp3) is 0.273. The predicted molar refractivity (Wildman–Crippen MR) is 66.3 cm³/mol. The first kappa shape index (κ1) is 12.9. The first-order valence-corrected chi connectivity index (χ1v) is 5.59. The van der Waals surface area contributed by atoms with Crippen molar-refractivity contribution in [1.29, 1.82) is 0 Å². The molecule has 0 atom stereocenters. The average molecular weight is 265 g/mol. The monoisotopic (exact) mass is 265 g/mol. The third-order valence-corrected chi connectivity index (χ3v) is 2.48. The molecule has 0 unspecified atom stereocenters. The van der Waals surface area contributed by atoms with Crippen molar-refractivity contribution < 1.29 is 9.31 Å². The van der Waals surface area contributed by atoms with E-state index >= 15 is 0 Å². The number of aryl methyl sites for hydroxylation is 1. The lowest BCUT2D eigenvalue weighted by Crippen LogP contribution is -2.09. The van der Waals surface area contributed by atoms with Crippen LogP contribution in [0.3, 0.4) is 0 Å². The van der Waals surface area contributed by atoms with Gasteiger partial charge in [-0.3, -0.25) is 14.8 Å². The molecule has 7 nitrogen and oxygen atoms in total. The Hall–Kier alpha value is -2.51. The molecule has 0 aliphatic rings. The Labute approximate surface area is 108 Å². The van der Waals surface area contributed by atoms with Crippen LogP contribution in [0.1, 0.15) is 5.82 Å². The van der Waals surface area contributed by atoms with Crippen LogP contribution in [0.5, 0.6) is 0 Å². The molecule has 0 aliphatic heterocycles. The molecule has 2 rings (SSSR count). The molecule has 0 spiro atoms. The molecule has 1 aromatic carbocycles. The zero-order valence-electron chi connectivity index (χ0n) is 10.2. The smallest absolute Gasteiger partial charge is 0.327 e. The third-order valence-electron chi connectivity index (χ3n) is 2.48. The van der Waals surface area contributed by atoms with Gasteiger partial charge in [-0.15, -0.1) is 0 Å². The molecule has 0 bridgehead atoms. The van der Waals surface area contributed by atoms with Gasteiger partial charge in [-0.1, -0.05) is 6.07 Å². The molecule has 8 heteroatoms. The highest BCUT2D eigenvalue weighted by molar-refractivity contribution is 5.61. The van der Waals surface area contributed by atoms with E-state index in [1.54, 1.807) is 18.1 Å². The zero-order valence-corrected chi connectivity index (χ0v) is 10.2. The highest BCUT2D eigenvalue weighted by atomic mass is 19.1. The van der Waals surface area contributed by atoms with Crippen LogP contribution in [0.15, 0.2) is 24.5 Å². The van der Waals surface area contributed by atoms with Gasteiger partial charge in [0.15, 0.2) is 5.82 Å². The molecule has 1 aromatic heterocycles. The maximum Gasteiger partial charge on any atom is 0.327 e. The fourth-order valence-electron chi connectivity index (χ4n) is 1.65. The van der Waals surface area contributed by atoms with Crippen molar-refractivity contribution in [3.05, 3.63) is 46.3 Å². The van der Waals surface area contributed by atoms with E-state index in [2.05, 4.69) is 15.4 Å². The number of nitro groups is 1. The molecular formula is C11H12FN5O2. The van der Waals surface area contributed by atoms with E-state index < -0.39 is 16.4 Å². The number of benzene rings is 1. The maximum absolute atomic E-state index is 13.3. The summed E-state index contributed by atoms with van der Waals surface area (Å²) in [5.41, 5.74) is -0.391. The van der Waals surface area contributed by atoms with Gasteiger partial charge in [0.2, 0.25) is 5.82 Å². The number of halogens is 1. The summed E-state index contributed by atoms with van der Waals surface area (Å²) >= 11 is 0. The molecule has 0 saturated heterocycles. The summed E-state index contributed by atoms with van der Waals surface area (Å²) in [6.45, 7) is 0.383. The minimum Gasteiger partial charge on any atom is -0.379 e. The van der Waals surface area contributed by atoms with Gasteiger partial charge in [0.1, 0.15) is 12.0 Å². The molecule has 100 valence electrons. The Morgan fingerprint density at radius 3 is 2.95 bits per heavy atom. The summed E-state index contributed by atoms with van der Waals surface area (Å²) < 4.78 is 14.9. The first-order valence-electron chi connectivity index (χ1n) is 5.59. The molecule has 0 amide bonds. The molecule has 0 fully saturated rings. The second-order valence-corrected chi connectivity index (χ2v) is 3.90. The van der Waals surface area contributed by atoms with E-state index in [9.17, 15) is 14.5 Å². The SMILES string of the molecule is Cn1cnc(CCNc2cccc(F)c2[N+](=O)[O-])n1. The lowest BCUT2D eigenvalue weighted by atomic mass is 10.2. The maximum atomic E-state index is 13.3. The summed E-state index contributed by atoms with van der Waals surface area (Å²) in [6, 6.07) is 3.94. The van der Waals surface area contributed by atoms with Gasteiger partial charge in [0.25, 0.3) is 0 Å². The van der Waals surface area contributed by atoms with Gasteiger partial charge in [0.05, 0.1) is 4.92 Å². The van der Waals surface area contributed by atoms with Crippen molar-refractivity contribution in [1.82, 2.24) is 14.8 Å². The Kier molecular flexibility index (Phi) is 3.69. The van der Waals surface area contributed by atoms with Gasteiger partial charge in [-0.05, 0) is 12.1 Å². The third kappa shape index (κ3) is 3.03. The number of rotatable bonds is 5. The van der Waals surface area contributed by atoms with Crippen LogP contribution in [0.4, 0.5) is 15.8 Å². The molecule has 1 heterocycles. The Balaban J connectivity index is 2.03. The zero-order chi connectivity index (χ0) is 13.8. The van der Waals surface area contributed by atoms with Gasteiger partial charge in [-0.25, -0.2) is 4.98 Å². The molecule has 0 aliphatic carbocycles. The molecule has 2 aromatic rings. The van der Waals surface area contributed by atoms with Crippen LogP contribution < -0.4 is 5.32 Å². The number of aromatic nitrogens is 3. The number of nitro benzene ring substituents is 1.